The molecule has 0 N–H and O–H groups in total. The van der Waals surface area contributed by atoms with Crippen molar-refractivity contribution >= 4 is 11.6 Å². The quantitative estimate of drug-likeness (QED) is 0.627. The third-order valence-corrected chi connectivity index (χ3v) is 7.08. The van der Waals surface area contributed by atoms with E-state index in [4.69, 9.17) is 4.74 Å². The van der Waals surface area contributed by atoms with Crippen molar-refractivity contribution in [2.24, 2.45) is 5.41 Å². The van der Waals surface area contributed by atoms with Gasteiger partial charge in [0.1, 0.15) is 23.5 Å². The van der Waals surface area contributed by atoms with E-state index in [9.17, 15) is 14.0 Å². The number of benzene rings is 2. The molecule has 1 saturated heterocycles. The first kappa shape index (κ1) is 21.7. The molecule has 1 spiro atoms. The summed E-state index contributed by atoms with van der Waals surface area (Å²) in [6.45, 7) is 1.71. The summed E-state index contributed by atoms with van der Waals surface area (Å²) in [5, 5.41) is 0. The molecule has 2 aromatic rings. The van der Waals surface area contributed by atoms with Gasteiger partial charge in [-0.3, -0.25) is 9.59 Å². The number of ketones is 2. The van der Waals surface area contributed by atoms with Crippen LogP contribution in [0.25, 0.3) is 0 Å². The van der Waals surface area contributed by atoms with Crippen LogP contribution in [0, 0.1) is 11.2 Å². The van der Waals surface area contributed by atoms with Crippen LogP contribution < -0.4 is 4.74 Å². The molecule has 0 radical (unpaired) electrons. The first-order valence-electron chi connectivity index (χ1n) is 11.3. The molecule has 0 saturated carbocycles. The molecular formula is C27H25F2NO3. The monoisotopic (exact) mass is 449 g/mol. The number of Topliss-reactive ketones (excluding diaryl/α,β-unsaturated/α-hetero) is 2. The number of nitrogens with zero attached hydrogens (tertiary/aromatic N) is 1. The Hall–Kier alpha value is -3.12. The molecule has 4 nitrogen and oxygen atoms in total. The fourth-order valence-electron chi connectivity index (χ4n) is 5.19. The lowest BCUT2D eigenvalue weighted by Gasteiger charge is -2.45. The molecule has 33 heavy (non-hydrogen) atoms. The molecule has 0 amide bonds. The van der Waals surface area contributed by atoms with Crippen molar-refractivity contribution in [1.29, 1.82) is 0 Å². The van der Waals surface area contributed by atoms with E-state index in [2.05, 4.69) is 4.90 Å². The average molecular weight is 449 g/mol. The third kappa shape index (κ3) is 4.04. The van der Waals surface area contributed by atoms with Crippen LogP contribution in [0.5, 0.6) is 5.75 Å². The second-order valence-corrected chi connectivity index (χ2v) is 8.99. The van der Waals surface area contributed by atoms with E-state index in [-0.39, 0.29) is 23.8 Å². The molecule has 1 aliphatic carbocycles. The summed E-state index contributed by atoms with van der Waals surface area (Å²) >= 11 is 0. The Morgan fingerprint density at radius 1 is 1.09 bits per heavy atom. The molecule has 5 rings (SSSR count). The van der Waals surface area contributed by atoms with Crippen molar-refractivity contribution in [3.05, 3.63) is 89.0 Å². The summed E-state index contributed by atoms with van der Waals surface area (Å²) < 4.78 is 34.6. The zero-order valence-corrected chi connectivity index (χ0v) is 18.2. The van der Waals surface area contributed by atoms with Crippen LogP contribution in [0.1, 0.15) is 35.2 Å². The normalized spacial score (nSPS) is 21.9. The molecular weight excluding hydrogens is 424 g/mol. The highest BCUT2D eigenvalue weighted by Gasteiger charge is 2.50. The average Bonchev–Trinajstić information content (AvgIpc) is 2.97. The van der Waals surface area contributed by atoms with Crippen molar-refractivity contribution in [1.82, 2.24) is 4.90 Å². The number of para-hydroxylation sites is 1. The smallest absolute Gasteiger partial charge is 0.167 e. The number of allylic oxidation sites excluding steroid dienone is 3. The maximum absolute atomic E-state index is 15.4. The number of fused-ring (bicyclic) bond motifs is 2. The number of halogens is 2. The largest absolute Gasteiger partial charge is 0.457 e. The van der Waals surface area contributed by atoms with Crippen molar-refractivity contribution in [3.8, 4) is 5.75 Å². The van der Waals surface area contributed by atoms with Gasteiger partial charge in [-0.05, 0) is 68.4 Å². The van der Waals surface area contributed by atoms with Gasteiger partial charge in [0.25, 0.3) is 0 Å². The zero-order valence-electron chi connectivity index (χ0n) is 18.2. The number of hydrogen-bond acceptors (Lipinski definition) is 4. The molecule has 1 atom stereocenters. The first-order chi connectivity index (χ1) is 16.0. The van der Waals surface area contributed by atoms with Gasteiger partial charge in [0.15, 0.2) is 11.6 Å². The lowest BCUT2D eigenvalue weighted by atomic mass is 9.65. The van der Waals surface area contributed by atoms with Gasteiger partial charge in [-0.25, -0.2) is 8.78 Å². The molecule has 1 fully saturated rings. The Kier molecular flexibility index (Phi) is 5.71. The van der Waals surface area contributed by atoms with Crippen LogP contribution in [0.4, 0.5) is 8.78 Å². The van der Waals surface area contributed by atoms with Crippen LogP contribution in [0.15, 0.2) is 72.0 Å². The molecule has 1 unspecified atom stereocenters. The minimum Gasteiger partial charge on any atom is -0.457 e. The second-order valence-electron chi connectivity index (χ2n) is 8.99. The Labute approximate surface area is 191 Å². The summed E-state index contributed by atoms with van der Waals surface area (Å²) in [5.41, 5.74) is 0.866. The predicted octanol–water partition coefficient (Wildman–Crippen LogP) is 4.85. The van der Waals surface area contributed by atoms with Crippen LogP contribution in [-0.2, 0) is 11.2 Å². The summed E-state index contributed by atoms with van der Waals surface area (Å²) in [4.78, 5) is 27.9. The van der Waals surface area contributed by atoms with E-state index in [1.54, 1.807) is 6.08 Å². The van der Waals surface area contributed by atoms with Crippen LogP contribution in [0.2, 0.25) is 0 Å². The van der Waals surface area contributed by atoms with E-state index >= 15 is 4.39 Å². The Bertz CT molecular complexity index is 1140. The molecule has 6 heteroatoms. The maximum atomic E-state index is 15.4. The summed E-state index contributed by atoms with van der Waals surface area (Å²) in [6.07, 6.45) is 3.32. The van der Waals surface area contributed by atoms with E-state index in [1.165, 1.54) is 30.3 Å². The van der Waals surface area contributed by atoms with Gasteiger partial charge in [-0.2, -0.15) is 0 Å². The number of likely N-dealkylation sites (tertiary alicyclic amines) is 1. The lowest BCUT2D eigenvalue weighted by molar-refractivity contribution is -0.117. The van der Waals surface area contributed by atoms with Gasteiger partial charge >= 0.3 is 0 Å². The SMILES string of the molecule is O=C1Cc2ccccc2OC2=C1C1(CCN(CCC(=O)c3ccc(F)cc3)CC1)C(F)C=C2. The van der Waals surface area contributed by atoms with Crippen LogP contribution >= 0.6 is 0 Å². The minimum absolute atomic E-state index is 0.0469. The van der Waals surface area contributed by atoms with Crippen LogP contribution in [-0.4, -0.2) is 42.3 Å². The number of alkyl halides is 1. The highest BCUT2D eigenvalue weighted by Crippen LogP contribution is 2.49. The Morgan fingerprint density at radius 3 is 2.58 bits per heavy atom. The minimum atomic E-state index is -1.26. The third-order valence-electron chi connectivity index (χ3n) is 7.08. The van der Waals surface area contributed by atoms with Crippen molar-refractivity contribution in [3.63, 3.8) is 0 Å². The standard InChI is InChI=1S/C27H25F2NO3/c28-20-7-5-18(6-8-20)21(31)11-14-30-15-12-27(13-16-30)25(29)10-9-24-26(27)22(32)17-19-3-1-2-4-23(19)33-24/h1-10,25H,11-17H2. The highest BCUT2D eigenvalue weighted by atomic mass is 19.1. The molecule has 3 aliphatic rings. The summed E-state index contributed by atoms with van der Waals surface area (Å²) in [6, 6.07) is 13.0. The van der Waals surface area contributed by atoms with Gasteiger partial charge in [-0.15, -0.1) is 0 Å². The second kappa shape index (κ2) is 8.67. The number of hydrogen-bond donors (Lipinski definition) is 0. The first-order valence-corrected chi connectivity index (χ1v) is 11.3. The van der Waals surface area contributed by atoms with Crippen molar-refractivity contribution in [2.75, 3.05) is 19.6 Å². The fourth-order valence-corrected chi connectivity index (χ4v) is 5.19. The van der Waals surface area contributed by atoms with Gasteiger partial charge in [0, 0.05) is 41.5 Å². The van der Waals surface area contributed by atoms with Gasteiger partial charge in [0.2, 0.25) is 0 Å². The number of rotatable bonds is 4. The highest BCUT2D eigenvalue weighted by molar-refractivity contribution is 6.00. The Balaban J connectivity index is 1.29. The maximum Gasteiger partial charge on any atom is 0.167 e. The molecule has 2 heterocycles. The fraction of sp³-hybridized carbons (Fsp3) is 0.333. The van der Waals surface area contributed by atoms with Crippen LogP contribution in [0.3, 0.4) is 0 Å². The topological polar surface area (TPSA) is 46.6 Å². The molecule has 0 bridgehead atoms. The van der Waals surface area contributed by atoms with Gasteiger partial charge in [0.05, 0.1) is 0 Å². The van der Waals surface area contributed by atoms with E-state index in [1.807, 2.05) is 24.3 Å². The molecule has 0 aromatic heterocycles. The molecule has 2 aromatic carbocycles. The zero-order chi connectivity index (χ0) is 23.0. The predicted molar refractivity (Wildman–Crippen MR) is 120 cm³/mol. The van der Waals surface area contributed by atoms with Gasteiger partial charge in [-0.1, -0.05) is 18.2 Å². The number of carbonyl (C=O) groups is 2. The number of ether oxygens (including phenoxy) is 1. The molecule has 2 aliphatic heterocycles. The summed E-state index contributed by atoms with van der Waals surface area (Å²) in [5.74, 6) is 0.601. The van der Waals surface area contributed by atoms with Gasteiger partial charge < -0.3 is 9.64 Å². The van der Waals surface area contributed by atoms with E-state index in [0.717, 1.165) is 5.56 Å². The Morgan fingerprint density at radius 2 is 1.82 bits per heavy atom. The van der Waals surface area contributed by atoms with Crippen molar-refractivity contribution in [2.45, 2.75) is 31.9 Å². The van der Waals surface area contributed by atoms with E-state index < -0.39 is 11.6 Å². The number of carbonyl (C=O) groups excluding carboxylic acids is 2. The van der Waals surface area contributed by atoms with E-state index in [0.29, 0.717) is 61.5 Å². The summed E-state index contributed by atoms with van der Waals surface area (Å²) in [7, 11) is 0. The molecule has 170 valence electrons. The lowest BCUT2D eigenvalue weighted by Crippen LogP contribution is -2.49. The number of piperidine rings is 1. The van der Waals surface area contributed by atoms with Crippen molar-refractivity contribution < 1.29 is 23.1 Å².